The second-order valence-corrected chi connectivity index (χ2v) is 5.25. The highest BCUT2D eigenvalue weighted by Crippen LogP contribution is 2.27. The van der Waals surface area contributed by atoms with Crippen LogP contribution in [0.4, 0.5) is 5.69 Å². The van der Waals surface area contributed by atoms with Crippen LogP contribution in [0.5, 0.6) is 0 Å². The van der Waals surface area contributed by atoms with E-state index < -0.39 is 0 Å². The summed E-state index contributed by atoms with van der Waals surface area (Å²) in [5, 5.41) is 3.73. The number of nitrogens with zero attached hydrogens (tertiary/aromatic N) is 5. The van der Waals surface area contributed by atoms with Crippen LogP contribution in [0.3, 0.4) is 0 Å². The van der Waals surface area contributed by atoms with Crippen molar-refractivity contribution in [2.75, 3.05) is 25.0 Å². The lowest BCUT2D eigenvalue weighted by atomic mass is 10.0. The molecule has 2 aromatic carbocycles. The van der Waals surface area contributed by atoms with Crippen LogP contribution in [-0.4, -0.2) is 31.9 Å². The molecule has 0 radical (unpaired) electrons. The van der Waals surface area contributed by atoms with Crippen LogP contribution in [0.15, 0.2) is 64.7 Å². The minimum atomic E-state index is 0.0678. The maximum Gasteiger partial charge on any atom is 0.0740 e. The molecule has 1 unspecified atom stereocenters. The molecule has 1 aliphatic heterocycles. The molecule has 0 spiro atoms. The highest BCUT2D eigenvalue weighted by atomic mass is 15.2. The number of azide groups is 1. The van der Waals surface area contributed by atoms with E-state index in [4.69, 9.17) is 10.5 Å². The molecule has 2 aromatic rings. The largest absolute Gasteiger partial charge is 0.369 e. The molecule has 0 N–H and O–H groups in total. The fourth-order valence-corrected chi connectivity index (χ4v) is 2.74. The molecule has 3 rings (SSSR count). The quantitative estimate of drug-likeness (QED) is 0.483. The van der Waals surface area contributed by atoms with E-state index in [9.17, 15) is 0 Å². The Bertz CT molecular complexity index is 732. The molecular weight excluding hydrogens is 274 g/mol. The van der Waals surface area contributed by atoms with Crippen molar-refractivity contribution >= 4 is 11.4 Å². The molecule has 0 fully saturated rings. The number of hydrogen-bond acceptors (Lipinski definition) is 3. The molecule has 5 nitrogen and oxygen atoms in total. The van der Waals surface area contributed by atoms with Crippen molar-refractivity contribution in [1.29, 1.82) is 0 Å². The number of rotatable bonds is 3. The first kappa shape index (κ1) is 14.2. The van der Waals surface area contributed by atoms with E-state index in [1.54, 1.807) is 0 Å². The Hall–Kier alpha value is -2.78. The molecular formula is C17H17N5. The lowest BCUT2D eigenvalue weighted by Crippen LogP contribution is -2.36. The molecule has 110 valence electrons. The van der Waals surface area contributed by atoms with Gasteiger partial charge in [0.25, 0.3) is 0 Å². The molecule has 0 bridgehead atoms. The van der Waals surface area contributed by atoms with Gasteiger partial charge in [0.1, 0.15) is 0 Å². The van der Waals surface area contributed by atoms with Crippen molar-refractivity contribution in [1.82, 2.24) is 0 Å². The Morgan fingerprint density at radius 1 is 1.18 bits per heavy atom. The number of hydrogen-bond donors (Lipinski definition) is 0. The van der Waals surface area contributed by atoms with Gasteiger partial charge in [-0.3, -0.25) is 4.99 Å². The molecule has 0 saturated carbocycles. The average molecular weight is 291 g/mol. The van der Waals surface area contributed by atoms with Crippen molar-refractivity contribution in [3.8, 4) is 0 Å². The number of para-hydroxylation sites is 1. The SMILES string of the molecule is CN1c2ccccc2C(c2ccccc2)=NCC1CN=[N+]=[N-]. The molecule has 0 aromatic heterocycles. The van der Waals surface area contributed by atoms with E-state index in [0.717, 1.165) is 22.5 Å². The summed E-state index contributed by atoms with van der Waals surface area (Å²) in [6, 6.07) is 18.5. The first-order valence-electron chi connectivity index (χ1n) is 7.24. The van der Waals surface area contributed by atoms with Crippen molar-refractivity contribution in [2.45, 2.75) is 6.04 Å². The third-order valence-corrected chi connectivity index (χ3v) is 3.95. The second-order valence-electron chi connectivity index (χ2n) is 5.25. The zero-order valence-corrected chi connectivity index (χ0v) is 12.4. The Balaban J connectivity index is 2.09. The van der Waals surface area contributed by atoms with Crippen molar-refractivity contribution in [3.05, 3.63) is 76.2 Å². The molecule has 1 atom stereocenters. The highest BCUT2D eigenvalue weighted by molar-refractivity contribution is 6.16. The van der Waals surface area contributed by atoms with Gasteiger partial charge in [0.05, 0.1) is 18.3 Å². The van der Waals surface area contributed by atoms with Gasteiger partial charge in [-0.05, 0) is 11.6 Å². The van der Waals surface area contributed by atoms with Gasteiger partial charge in [0.2, 0.25) is 0 Å². The topological polar surface area (TPSA) is 64.4 Å². The summed E-state index contributed by atoms with van der Waals surface area (Å²) in [6.45, 7) is 1.02. The van der Waals surface area contributed by atoms with Crippen molar-refractivity contribution in [2.24, 2.45) is 10.1 Å². The molecule has 5 heteroatoms. The summed E-state index contributed by atoms with van der Waals surface area (Å²) in [6.07, 6.45) is 0. The van der Waals surface area contributed by atoms with E-state index in [1.165, 1.54) is 0 Å². The smallest absolute Gasteiger partial charge is 0.0740 e. The molecule has 0 aliphatic carbocycles. The summed E-state index contributed by atoms with van der Waals surface area (Å²) in [7, 11) is 2.03. The van der Waals surface area contributed by atoms with Crippen LogP contribution >= 0.6 is 0 Å². The van der Waals surface area contributed by atoms with Crippen LogP contribution in [0, 0.1) is 0 Å². The number of aliphatic imine (C=N–C) groups is 1. The van der Waals surface area contributed by atoms with Crippen LogP contribution in [0.25, 0.3) is 10.4 Å². The number of fused-ring (bicyclic) bond motifs is 1. The van der Waals surface area contributed by atoms with Crippen molar-refractivity contribution in [3.63, 3.8) is 0 Å². The molecule has 1 heterocycles. The van der Waals surface area contributed by atoms with Gasteiger partial charge in [-0.1, -0.05) is 53.6 Å². The summed E-state index contributed by atoms with van der Waals surface area (Å²) >= 11 is 0. The van der Waals surface area contributed by atoms with Gasteiger partial charge in [-0.25, -0.2) is 0 Å². The maximum absolute atomic E-state index is 8.58. The lowest BCUT2D eigenvalue weighted by Gasteiger charge is -2.27. The third kappa shape index (κ3) is 2.67. The number of benzodiazepines with no additional fused rings is 1. The second kappa shape index (κ2) is 6.33. The van der Waals surface area contributed by atoms with Gasteiger partial charge in [-0.15, -0.1) is 0 Å². The first-order valence-corrected chi connectivity index (χ1v) is 7.24. The first-order chi connectivity index (χ1) is 10.8. The Labute approximate surface area is 129 Å². The van der Waals surface area contributed by atoms with Crippen LogP contribution < -0.4 is 4.90 Å². The van der Waals surface area contributed by atoms with E-state index in [0.29, 0.717) is 13.1 Å². The van der Waals surface area contributed by atoms with Crippen LogP contribution in [-0.2, 0) is 0 Å². The lowest BCUT2D eigenvalue weighted by molar-refractivity contribution is 0.651. The molecule has 22 heavy (non-hydrogen) atoms. The van der Waals surface area contributed by atoms with Gasteiger partial charge in [0, 0.05) is 35.3 Å². The molecule has 1 aliphatic rings. The fourth-order valence-electron chi connectivity index (χ4n) is 2.74. The maximum atomic E-state index is 8.58. The zero-order chi connectivity index (χ0) is 15.4. The monoisotopic (exact) mass is 291 g/mol. The number of benzene rings is 2. The molecule has 0 saturated heterocycles. The van der Waals surface area contributed by atoms with E-state index >= 15 is 0 Å². The van der Waals surface area contributed by atoms with Crippen molar-refractivity contribution < 1.29 is 0 Å². The predicted octanol–water partition coefficient (Wildman–Crippen LogP) is 3.65. The number of likely N-dealkylation sites (N-methyl/N-ethyl adjacent to an activating group) is 1. The Kier molecular flexibility index (Phi) is 4.08. The van der Waals surface area contributed by atoms with E-state index in [2.05, 4.69) is 39.2 Å². The van der Waals surface area contributed by atoms with Gasteiger partial charge in [0.15, 0.2) is 0 Å². The predicted molar refractivity (Wildman–Crippen MR) is 89.6 cm³/mol. The van der Waals surface area contributed by atoms with Gasteiger partial charge < -0.3 is 4.90 Å². The minimum Gasteiger partial charge on any atom is -0.369 e. The van der Waals surface area contributed by atoms with Crippen LogP contribution in [0.1, 0.15) is 11.1 Å². The Morgan fingerprint density at radius 2 is 1.91 bits per heavy atom. The van der Waals surface area contributed by atoms with Gasteiger partial charge in [-0.2, -0.15) is 0 Å². The van der Waals surface area contributed by atoms with Crippen LogP contribution in [0.2, 0.25) is 0 Å². The minimum absolute atomic E-state index is 0.0678. The zero-order valence-electron chi connectivity index (χ0n) is 12.4. The summed E-state index contributed by atoms with van der Waals surface area (Å²) in [4.78, 5) is 9.85. The Morgan fingerprint density at radius 3 is 2.68 bits per heavy atom. The summed E-state index contributed by atoms with van der Waals surface area (Å²) in [5.74, 6) is 0. The third-order valence-electron chi connectivity index (χ3n) is 3.95. The van der Waals surface area contributed by atoms with E-state index in [1.807, 2.05) is 37.4 Å². The average Bonchev–Trinajstić information content (AvgIpc) is 2.71. The molecule has 0 amide bonds. The standard InChI is InChI=1S/C17H17N5/c1-22-14(12-20-21-18)11-19-17(13-7-3-2-4-8-13)15-9-5-6-10-16(15)22/h2-10,14H,11-12H2,1H3. The fraction of sp³-hybridized carbons (Fsp3) is 0.235. The number of anilines is 1. The van der Waals surface area contributed by atoms with E-state index in [-0.39, 0.29) is 6.04 Å². The summed E-state index contributed by atoms with van der Waals surface area (Å²) in [5.41, 5.74) is 12.9. The van der Waals surface area contributed by atoms with Gasteiger partial charge >= 0.3 is 0 Å². The summed E-state index contributed by atoms with van der Waals surface area (Å²) < 4.78 is 0. The normalized spacial score (nSPS) is 17.0. The highest BCUT2D eigenvalue weighted by Gasteiger charge is 2.23.